The molecule has 0 saturated heterocycles. The van der Waals surface area contributed by atoms with Crippen molar-refractivity contribution in [2.24, 2.45) is 0 Å². The zero-order chi connectivity index (χ0) is 6.08. The van der Waals surface area contributed by atoms with Gasteiger partial charge in [0.25, 0.3) is 0 Å². The quantitative estimate of drug-likeness (QED) is 0.209. The van der Waals surface area contributed by atoms with Crippen LogP contribution in [0.3, 0.4) is 0 Å². The molecular formula is C5H12NO+. The molecule has 42 valence electrons. The van der Waals surface area contributed by atoms with E-state index in [1.165, 1.54) is 0 Å². The van der Waals surface area contributed by atoms with Crippen molar-refractivity contribution in [3.05, 3.63) is 0 Å². The number of nitrogens with zero attached hydrogens (tertiary/aromatic N) is 1. The van der Waals surface area contributed by atoms with E-state index < -0.39 is 0 Å². The summed E-state index contributed by atoms with van der Waals surface area (Å²) < 4.78 is 0.938. The number of hydrogen-bond donors (Lipinski definition) is 1. The van der Waals surface area contributed by atoms with Crippen molar-refractivity contribution in [2.45, 2.75) is 26.3 Å². The molecule has 0 heterocycles. The standard InChI is InChI=1S/C5H12NO/c1-5(2,3)6(4)7/h7H,4H2,1-3H3/q+1. The minimum absolute atomic E-state index is 0.222. The minimum atomic E-state index is -0.222. The molecule has 0 rings (SSSR count). The van der Waals surface area contributed by atoms with Gasteiger partial charge in [0.1, 0.15) is 0 Å². The normalized spacial score (nSPS) is 11.3. The monoisotopic (exact) mass is 102 g/mol. The molecule has 0 aliphatic carbocycles. The Hall–Kier alpha value is -0.530. The van der Waals surface area contributed by atoms with Crippen LogP contribution in [0.4, 0.5) is 0 Å². The largest absolute Gasteiger partial charge is 0.291 e. The summed E-state index contributed by atoms with van der Waals surface area (Å²) >= 11 is 0. The van der Waals surface area contributed by atoms with Crippen LogP contribution >= 0.6 is 0 Å². The summed E-state index contributed by atoms with van der Waals surface area (Å²) in [6.07, 6.45) is 0. The molecule has 1 N–H and O–H groups in total. The van der Waals surface area contributed by atoms with Crippen LogP contribution in [0, 0.1) is 0 Å². The van der Waals surface area contributed by atoms with E-state index >= 15 is 0 Å². The van der Waals surface area contributed by atoms with E-state index in [4.69, 9.17) is 5.21 Å². The molecule has 2 heteroatoms. The fraction of sp³-hybridized carbons (Fsp3) is 0.800. The Labute approximate surface area is 44.1 Å². The Morgan fingerprint density at radius 3 is 1.57 bits per heavy atom. The number of hydroxylamine groups is 1. The maximum Gasteiger partial charge on any atom is 0.202 e. The van der Waals surface area contributed by atoms with Gasteiger partial charge in [0.2, 0.25) is 5.54 Å². The lowest BCUT2D eigenvalue weighted by Crippen LogP contribution is -2.28. The van der Waals surface area contributed by atoms with Crippen molar-refractivity contribution in [3.8, 4) is 0 Å². The van der Waals surface area contributed by atoms with Crippen LogP contribution in [0.15, 0.2) is 0 Å². The van der Waals surface area contributed by atoms with Crippen molar-refractivity contribution >= 4 is 6.72 Å². The summed E-state index contributed by atoms with van der Waals surface area (Å²) in [4.78, 5) is 0. The van der Waals surface area contributed by atoms with Gasteiger partial charge in [-0.3, -0.25) is 5.21 Å². The number of hydrogen-bond acceptors (Lipinski definition) is 1. The van der Waals surface area contributed by atoms with Gasteiger partial charge in [-0.2, -0.15) is 0 Å². The SMILES string of the molecule is C=[N+](O)C(C)(C)C. The average molecular weight is 102 g/mol. The highest BCUT2D eigenvalue weighted by Gasteiger charge is 2.20. The van der Waals surface area contributed by atoms with Crippen molar-refractivity contribution in [2.75, 3.05) is 0 Å². The van der Waals surface area contributed by atoms with E-state index in [2.05, 4.69) is 6.72 Å². The summed E-state index contributed by atoms with van der Waals surface area (Å²) in [5.41, 5.74) is -0.222. The Kier molecular flexibility index (Phi) is 1.41. The maximum absolute atomic E-state index is 8.61. The van der Waals surface area contributed by atoms with Crippen LogP contribution in [0.5, 0.6) is 0 Å². The Morgan fingerprint density at radius 2 is 1.57 bits per heavy atom. The van der Waals surface area contributed by atoms with Gasteiger partial charge < -0.3 is 0 Å². The summed E-state index contributed by atoms with van der Waals surface area (Å²) in [6.45, 7) is 8.92. The molecule has 0 radical (unpaired) electrons. The zero-order valence-electron chi connectivity index (χ0n) is 5.10. The Bertz CT molecular complexity index is 80.6. The highest BCUT2D eigenvalue weighted by atomic mass is 16.5. The third kappa shape index (κ3) is 2.20. The lowest BCUT2D eigenvalue weighted by atomic mass is 10.1. The number of rotatable bonds is 0. The van der Waals surface area contributed by atoms with Crippen LogP contribution in [-0.4, -0.2) is 22.2 Å². The third-order valence-electron chi connectivity index (χ3n) is 0.774. The van der Waals surface area contributed by atoms with Crippen molar-refractivity contribution in [1.29, 1.82) is 0 Å². The molecule has 0 amide bonds. The topological polar surface area (TPSA) is 23.2 Å². The average Bonchev–Trinajstić information content (AvgIpc) is 1.31. The van der Waals surface area contributed by atoms with Gasteiger partial charge in [-0.25, -0.2) is 0 Å². The van der Waals surface area contributed by atoms with E-state index in [0.717, 1.165) is 4.74 Å². The fourth-order valence-corrected chi connectivity index (χ4v) is 0. The molecule has 0 bridgehead atoms. The van der Waals surface area contributed by atoms with Crippen molar-refractivity contribution in [1.82, 2.24) is 0 Å². The lowest BCUT2D eigenvalue weighted by Gasteiger charge is -2.06. The molecule has 0 aromatic carbocycles. The van der Waals surface area contributed by atoms with Gasteiger partial charge in [-0.1, -0.05) is 0 Å². The van der Waals surface area contributed by atoms with Gasteiger partial charge >= 0.3 is 0 Å². The summed E-state index contributed by atoms with van der Waals surface area (Å²) in [5.74, 6) is 0. The molecule has 7 heavy (non-hydrogen) atoms. The van der Waals surface area contributed by atoms with Crippen LogP contribution in [-0.2, 0) is 0 Å². The molecular weight excluding hydrogens is 90.1 g/mol. The zero-order valence-corrected chi connectivity index (χ0v) is 5.10. The van der Waals surface area contributed by atoms with E-state index in [9.17, 15) is 0 Å². The molecule has 2 nitrogen and oxygen atoms in total. The van der Waals surface area contributed by atoms with Crippen LogP contribution < -0.4 is 0 Å². The molecule has 0 saturated carbocycles. The van der Waals surface area contributed by atoms with Gasteiger partial charge in [0, 0.05) is 20.8 Å². The molecule has 0 fully saturated rings. The highest BCUT2D eigenvalue weighted by Crippen LogP contribution is 2.00. The van der Waals surface area contributed by atoms with Gasteiger partial charge in [-0.15, -0.1) is 0 Å². The first-order valence-corrected chi connectivity index (χ1v) is 2.24. The molecule has 0 unspecified atom stereocenters. The maximum atomic E-state index is 8.61. The highest BCUT2D eigenvalue weighted by molar-refractivity contribution is 5.14. The molecule has 0 aromatic heterocycles. The Balaban J connectivity index is 3.79. The van der Waals surface area contributed by atoms with Gasteiger partial charge in [0.15, 0.2) is 6.72 Å². The smallest absolute Gasteiger partial charge is 0.202 e. The second kappa shape index (κ2) is 1.52. The predicted molar refractivity (Wildman–Crippen MR) is 28.9 cm³/mol. The molecule has 0 aliphatic rings. The van der Waals surface area contributed by atoms with Crippen molar-refractivity contribution < 1.29 is 9.95 Å². The second-order valence-electron chi connectivity index (χ2n) is 2.57. The third-order valence-corrected chi connectivity index (χ3v) is 0.774. The summed E-state index contributed by atoms with van der Waals surface area (Å²) in [5, 5.41) is 8.61. The van der Waals surface area contributed by atoms with E-state index in [-0.39, 0.29) is 5.54 Å². The molecule has 0 spiro atoms. The molecule has 0 atom stereocenters. The van der Waals surface area contributed by atoms with Gasteiger partial charge in [0.05, 0.1) is 0 Å². The predicted octanol–water partition coefficient (Wildman–Crippen LogP) is 0.887. The van der Waals surface area contributed by atoms with E-state index in [0.29, 0.717) is 0 Å². The summed E-state index contributed by atoms with van der Waals surface area (Å²) in [6, 6.07) is 0. The van der Waals surface area contributed by atoms with Crippen LogP contribution in [0.1, 0.15) is 20.8 Å². The first kappa shape index (κ1) is 6.47. The van der Waals surface area contributed by atoms with Gasteiger partial charge in [-0.05, 0) is 4.74 Å². The van der Waals surface area contributed by atoms with Crippen LogP contribution in [0.2, 0.25) is 0 Å². The minimum Gasteiger partial charge on any atom is -0.291 e. The van der Waals surface area contributed by atoms with E-state index in [1.54, 1.807) is 0 Å². The first-order chi connectivity index (χ1) is 2.94. The molecule has 0 aliphatic heterocycles. The first-order valence-electron chi connectivity index (χ1n) is 2.24. The molecule has 0 aromatic rings. The fourth-order valence-electron chi connectivity index (χ4n) is 0. The van der Waals surface area contributed by atoms with Crippen LogP contribution in [0.25, 0.3) is 0 Å². The Morgan fingerprint density at radius 1 is 1.43 bits per heavy atom. The summed E-state index contributed by atoms with van der Waals surface area (Å²) in [7, 11) is 0. The lowest BCUT2D eigenvalue weighted by molar-refractivity contribution is -0.814. The second-order valence-corrected chi connectivity index (χ2v) is 2.57. The van der Waals surface area contributed by atoms with E-state index in [1.807, 2.05) is 20.8 Å². The van der Waals surface area contributed by atoms with Crippen molar-refractivity contribution in [3.63, 3.8) is 0 Å².